The molecule has 0 N–H and O–H groups in total. The Morgan fingerprint density at radius 3 is 2.88 bits per heavy atom. The van der Waals surface area contributed by atoms with Gasteiger partial charge in [-0.05, 0) is 49.0 Å². The Bertz CT molecular complexity index is 692. The molecule has 0 radical (unpaired) electrons. The summed E-state index contributed by atoms with van der Waals surface area (Å²) in [6, 6.07) is 8.13. The van der Waals surface area contributed by atoms with Crippen molar-refractivity contribution in [3.63, 3.8) is 0 Å². The third-order valence-electron chi connectivity index (χ3n) is 6.21. The number of rotatable bonds is 3. The minimum absolute atomic E-state index is 0.235. The lowest BCUT2D eigenvalue weighted by Gasteiger charge is -2.41. The first kappa shape index (κ1) is 17.4. The van der Waals surface area contributed by atoms with Crippen molar-refractivity contribution in [3.05, 3.63) is 36.1 Å². The fourth-order valence-electron chi connectivity index (χ4n) is 4.75. The van der Waals surface area contributed by atoms with E-state index in [0.29, 0.717) is 5.91 Å². The summed E-state index contributed by atoms with van der Waals surface area (Å²) in [6.07, 6.45) is 10.6. The largest absolute Gasteiger partial charge is 0.497 e. The van der Waals surface area contributed by atoms with Crippen molar-refractivity contribution in [2.24, 2.45) is 5.92 Å². The molecule has 1 saturated carbocycles. The summed E-state index contributed by atoms with van der Waals surface area (Å²) in [7, 11) is 1.69. The molecular weight excluding hydrogens is 326 g/mol. The second-order valence-corrected chi connectivity index (χ2v) is 8.05. The number of hydrogen-bond acceptors (Lipinski definition) is 3. The highest BCUT2D eigenvalue weighted by Crippen LogP contribution is 2.41. The van der Waals surface area contributed by atoms with Gasteiger partial charge in [-0.3, -0.25) is 4.79 Å². The molecule has 2 fully saturated rings. The van der Waals surface area contributed by atoms with Gasteiger partial charge in [0.25, 0.3) is 0 Å². The zero-order chi connectivity index (χ0) is 18.0. The van der Waals surface area contributed by atoms with Crippen LogP contribution in [0.1, 0.15) is 56.9 Å². The molecule has 3 aliphatic rings. The molecular formula is C22H29NO3. The highest BCUT2D eigenvalue weighted by Gasteiger charge is 2.43. The molecule has 2 heterocycles. The summed E-state index contributed by atoms with van der Waals surface area (Å²) in [6.45, 7) is 1.61. The molecule has 4 nitrogen and oxygen atoms in total. The predicted molar refractivity (Wildman–Crippen MR) is 102 cm³/mol. The summed E-state index contributed by atoms with van der Waals surface area (Å²) in [4.78, 5) is 15.1. The number of nitrogens with zero attached hydrogens (tertiary/aromatic N) is 1. The van der Waals surface area contributed by atoms with Gasteiger partial charge in [0, 0.05) is 18.9 Å². The molecule has 1 spiro atoms. The first-order valence-electron chi connectivity index (χ1n) is 9.99. The van der Waals surface area contributed by atoms with E-state index < -0.39 is 0 Å². The smallest absolute Gasteiger partial charge is 0.225 e. The third-order valence-corrected chi connectivity index (χ3v) is 6.21. The van der Waals surface area contributed by atoms with Crippen molar-refractivity contribution in [2.45, 2.75) is 57.0 Å². The van der Waals surface area contributed by atoms with Crippen molar-refractivity contribution in [3.8, 4) is 5.75 Å². The molecule has 1 aliphatic carbocycles. The van der Waals surface area contributed by atoms with E-state index in [1.807, 2.05) is 18.4 Å². The number of methoxy groups -OCH3 is 1. The molecule has 26 heavy (non-hydrogen) atoms. The van der Waals surface area contributed by atoms with Crippen LogP contribution in [0.4, 0.5) is 0 Å². The fourth-order valence-corrected chi connectivity index (χ4v) is 4.75. The van der Waals surface area contributed by atoms with Gasteiger partial charge < -0.3 is 14.4 Å². The Balaban J connectivity index is 1.43. The zero-order valence-corrected chi connectivity index (χ0v) is 15.7. The summed E-state index contributed by atoms with van der Waals surface area (Å²) in [5.74, 6) is 1.47. The third kappa shape index (κ3) is 3.46. The topological polar surface area (TPSA) is 38.8 Å². The molecule has 4 heteroatoms. The molecule has 1 aromatic carbocycles. The number of ether oxygens (including phenoxy) is 2. The molecule has 1 aromatic rings. The number of likely N-dealkylation sites (tertiary alicyclic amines) is 1. The Kier molecular flexibility index (Phi) is 4.92. The Labute approximate surface area is 156 Å². The van der Waals surface area contributed by atoms with E-state index in [1.54, 1.807) is 7.11 Å². The van der Waals surface area contributed by atoms with E-state index in [4.69, 9.17) is 9.47 Å². The maximum atomic E-state index is 13.0. The van der Waals surface area contributed by atoms with Crippen LogP contribution in [0.5, 0.6) is 5.75 Å². The van der Waals surface area contributed by atoms with E-state index in [1.165, 1.54) is 24.8 Å². The molecule has 1 unspecified atom stereocenters. The Morgan fingerprint density at radius 2 is 2.08 bits per heavy atom. The van der Waals surface area contributed by atoms with Crippen LogP contribution >= 0.6 is 0 Å². The highest BCUT2D eigenvalue weighted by molar-refractivity contribution is 5.79. The second-order valence-electron chi connectivity index (χ2n) is 8.05. The molecule has 2 aliphatic heterocycles. The van der Waals surface area contributed by atoms with Gasteiger partial charge >= 0.3 is 0 Å². The van der Waals surface area contributed by atoms with Crippen LogP contribution in [0.3, 0.4) is 0 Å². The average Bonchev–Trinajstić information content (AvgIpc) is 3.11. The minimum atomic E-state index is -0.235. The van der Waals surface area contributed by atoms with Crippen molar-refractivity contribution in [1.82, 2.24) is 4.90 Å². The lowest BCUT2D eigenvalue weighted by molar-refractivity contribution is -0.143. The van der Waals surface area contributed by atoms with E-state index in [9.17, 15) is 4.79 Å². The van der Waals surface area contributed by atoms with Gasteiger partial charge in [0.15, 0.2) is 0 Å². The quantitative estimate of drug-likeness (QED) is 0.807. The van der Waals surface area contributed by atoms with Crippen LogP contribution in [-0.4, -0.2) is 36.6 Å². The number of piperidine rings is 1. The molecule has 1 atom stereocenters. The number of amides is 1. The molecule has 4 rings (SSSR count). The first-order chi connectivity index (χ1) is 12.7. The Hall–Kier alpha value is -1.97. The maximum absolute atomic E-state index is 13.0. The number of carbonyl (C=O) groups excluding carboxylic acids is 1. The lowest BCUT2D eigenvalue weighted by Crippen LogP contribution is -2.51. The van der Waals surface area contributed by atoms with Crippen molar-refractivity contribution < 1.29 is 14.3 Å². The highest BCUT2D eigenvalue weighted by atomic mass is 16.5. The van der Waals surface area contributed by atoms with Crippen molar-refractivity contribution in [1.29, 1.82) is 0 Å². The van der Waals surface area contributed by atoms with E-state index in [0.717, 1.165) is 56.5 Å². The summed E-state index contributed by atoms with van der Waals surface area (Å²) in [5, 5.41) is 0. The first-order valence-corrected chi connectivity index (χ1v) is 9.99. The predicted octanol–water partition coefficient (Wildman–Crippen LogP) is 4.40. The number of hydrogen-bond donors (Lipinski definition) is 0. The van der Waals surface area contributed by atoms with Gasteiger partial charge in [0.05, 0.1) is 19.9 Å². The monoisotopic (exact) mass is 355 g/mol. The zero-order valence-electron chi connectivity index (χ0n) is 15.7. The molecule has 1 saturated heterocycles. The van der Waals surface area contributed by atoms with Crippen LogP contribution in [0.2, 0.25) is 0 Å². The van der Waals surface area contributed by atoms with E-state index >= 15 is 0 Å². The second kappa shape index (κ2) is 7.34. The average molecular weight is 355 g/mol. The van der Waals surface area contributed by atoms with Gasteiger partial charge in [-0.1, -0.05) is 31.4 Å². The normalized spacial score (nSPS) is 26.5. The molecule has 0 aromatic heterocycles. The van der Waals surface area contributed by atoms with E-state index in [2.05, 4.69) is 17.0 Å². The van der Waals surface area contributed by atoms with Gasteiger partial charge in [-0.15, -0.1) is 0 Å². The lowest BCUT2D eigenvalue weighted by atomic mass is 9.84. The SMILES string of the molecule is COc1cccc(C2=COC3(CCCN(C(=O)C4CCCCC4)C3)C2)c1. The standard InChI is InChI=1S/C22H29NO3/c1-25-20-10-5-9-18(13-20)19-14-22(26-15-19)11-6-12-23(16-22)21(24)17-7-3-2-4-8-17/h5,9-10,13,15,17H,2-4,6-8,11-12,14,16H2,1H3. The van der Waals surface area contributed by atoms with Crippen LogP contribution in [0, 0.1) is 5.92 Å². The van der Waals surface area contributed by atoms with Crippen LogP contribution in [-0.2, 0) is 9.53 Å². The maximum Gasteiger partial charge on any atom is 0.225 e. The van der Waals surface area contributed by atoms with Gasteiger partial charge in [-0.25, -0.2) is 0 Å². The molecule has 0 bridgehead atoms. The summed E-state index contributed by atoms with van der Waals surface area (Å²) in [5.41, 5.74) is 2.12. The van der Waals surface area contributed by atoms with Crippen molar-refractivity contribution in [2.75, 3.05) is 20.2 Å². The fraction of sp³-hybridized carbons (Fsp3) is 0.591. The van der Waals surface area contributed by atoms with E-state index in [-0.39, 0.29) is 11.5 Å². The summed E-state index contributed by atoms with van der Waals surface area (Å²) >= 11 is 0. The number of carbonyl (C=O) groups is 1. The number of benzene rings is 1. The van der Waals surface area contributed by atoms with Gasteiger partial charge in [-0.2, -0.15) is 0 Å². The Morgan fingerprint density at radius 1 is 1.23 bits per heavy atom. The van der Waals surface area contributed by atoms with Crippen LogP contribution in [0.25, 0.3) is 5.57 Å². The van der Waals surface area contributed by atoms with Crippen LogP contribution < -0.4 is 4.74 Å². The summed E-state index contributed by atoms with van der Waals surface area (Å²) < 4.78 is 11.5. The molecule has 140 valence electrons. The van der Waals surface area contributed by atoms with Crippen LogP contribution in [0.15, 0.2) is 30.5 Å². The minimum Gasteiger partial charge on any atom is -0.497 e. The van der Waals surface area contributed by atoms with Gasteiger partial charge in [0.1, 0.15) is 11.4 Å². The molecule has 1 amide bonds. The van der Waals surface area contributed by atoms with Crippen molar-refractivity contribution >= 4 is 11.5 Å². The van der Waals surface area contributed by atoms with Gasteiger partial charge in [0.2, 0.25) is 5.91 Å².